The molecule has 108 valence electrons. The van der Waals surface area contributed by atoms with Gasteiger partial charge in [-0.25, -0.2) is 4.39 Å². The summed E-state index contributed by atoms with van der Waals surface area (Å²) in [5, 5.41) is 12.1. The Labute approximate surface area is 120 Å². The van der Waals surface area contributed by atoms with E-state index in [1.165, 1.54) is 31.4 Å². The maximum atomic E-state index is 13.9. The molecule has 1 fully saturated rings. The van der Waals surface area contributed by atoms with E-state index >= 15 is 0 Å². The van der Waals surface area contributed by atoms with Gasteiger partial charge in [-0.15, -0.1) is 0 Å². The van der Waals surface area contributed by atoms with Crippen molar-refractivity contribution in [2.75, 3.05) is 20.1 Å². The zero-order chi connectivity index (χ0) is 14.4. The fraction of sp³-hybridized carbons (Fsp3) is 0.562. The fourth-order valence-corrected chi connectivity index (χ4v) is 2.89. The number of likely N-dealkylation sites (tertiary alicyclic amines) is 1. The third kappa shape index (κ3) is 3.78. The van der Waals surface area contributed by atoms with E-state index in [-0.39, 0.29) is 5.82 Å². The lowest BCUT2D eigenvalue weighted by molar-refractivity contribution is 0.131. The van der Waals surface area contributed by atoms with Gasteiger partial charge in [0.25, 0.3) is 0 Å². The highest BCUT2D eigenvalue weighted by molar-refractivity contribution is 5.33. The van der Waals surface area contributed by atoms with Gasteiger partial charge in [0, 0.05) is 18.2 Å². The van der Waals surface area contributed by atoms with E-state index in [9.17, 15) is 4.39 Å². The Balaban J connectivity index is 2.08. The Morgan fingerprint density at radius 2 is 2.30 bits per heavy atom. The van der Waals surface area contributed by atoms with Crippen LogP contribution in [0.2, 0.25) is 0 Å². The van der Waals surface area contributed by atoms with Crippen molar-refractivity contribution >= 4 is 0 Å². The van der Waals surface area contributed by atoms with Crippen LogP contribution in [0.25, 0.3) is 0 Å². The molecule has 0 amide bonds. The average Bonchev–Trinajstić information content (AvgIpc) is 2.48. The second-order valence-corrected chi connectivity index (χ2v) is 5.43. The van der Waals surface area contributed by atoms with Gasteiger partial charge in [0.05, 0.1) is 11.6 Å². The first kappa shape index (κ1) is 15.0. The molecule has 1 heterocycles. The Morgan fingerprint density at radius 3 is 3.05 bits per heavy atom. The third-order valence-electron chi connectivity index (χ3n) is 4.02. The first-order valence-electron chi connectivity index (χ1n) is 7.31. The van der Waals surface area contributed by atoms with Crippen molar-refractivity contribution < 1.29 is 4.39 Å². The lowest BCUT2D eigenvalue weighted by Gasteiger charge is -2.36. The van der Waals surface area contributed by atoms with E-state index in [4.69, 9.17) is 5.26 Å². The molecule has 20 heavy (non-hydrogen) atoms. The Bertz CT molecular complexity index is 481. The van der Waals surface area contributed by atoms with Crippen molar-refractivity contribution in [2.24, 2.45) is 0 Å². The third-order valence-corrected chi connectivity index (χ3v) is 4.02. The quantitative estimate of drug-likeness (QED) is 0.898. The van der Waals surface area contributed by atoms with Crippen LogP contribution in [-0.2, 0) is 6.54 Å². The molecule has 1 aliphatic rings. The van der Waals surface area contributed by atoms with Gasteiger partial charge in [0.2, 0.25) is 0 Å². The van der Waals surface area contributed by atoms with E-state index in [0.29, 0.717) is 23.7 Å². The highest BCUT2D eigenvalue weighted by Crippen LogP contribution is 2.23. The van der Waals surface area contributed by atoms with Gasteiger partial charge in [-0.2, -0.15) is 5.26 Å². The van der Waals surface area contributed by atoms with Gasteiger partial charge >= 0.3 is 0 Å². The Kier molecular flexibility index (Phi) is 5.51. The van der Waals surface area contributed by atoms with Crippen molar-refractivity contribution in [3.63, 3.8) is 0 Å². The molecule has 1 N–H and O–H groups in total. The molecule has 1 aromatic rings. The number of benzene rings is 1. The van der Waals surface area contributed by atoms with Gasteiger partial charge < -0.3 is 5.32 Å². The number of rotatable bonds is 5. The van der Waals surface area contributed by atoms with E-state index in [0.717, 1.165) is 19.5 Å². The van der Waals surface area contributed by atoms with Crippen LogP contribution in [0.1, 0.15) is 36.8 Å². The predicted octanol–water partition coefficient (Wildman–Crippen LogP) is 2.66. The summed E-state index contributed by atoms with van der Waals surface area (Å²) in [6.07, 6.45) is 4.71. The van der Waals surface area contributed by atoms with Gasteiger partial charge in [0.15, 0.2) is 0 Å². The van der Waals surface area contributed by atoms with Gasteiger partial charge in [-0.1, -0.05) is 6.42 Å². The summed E-state index contributed by atoms with van der Waals surface area (Å²) in [4.78, 5) is 2.36. The molecule has 3 nitrogen and oxygen atoms in total. The average molecular weight is 275 g/mol. The smallest absolute Gasteiger partial charge is 0.127 e. The molecule has 1 aliphatic heterocycles. The summed E-state index contributed by atoms with van der Waals surface area (Å²) in [6.45, 7) is 2.61. The molecule has 0 aliphatic carbocycles. The van der Waals surface area contributed by atoms with Crippen molar-refractivity contribution in [1.82, 2.24) is 10.2 Å². The van der Waals surface area contributed by atoms with E-state index < -0.39 is 0 Å². The summed E-state index contributed by atoms with van der Waals surface area (Å²) >= 11 is 0. The topological polar surface area (TPSA) is 39.1 Å². The molecular weight excluding hydrogens is 253 g/mol. The Hall–Kier alpha value is -1.44. The summed E-state index contributed by atoms with van der Waals surface area (Å²) in [7, 11) is 1.96. The molecule has 0 aromatic heterocycles. The van der Waals surface area contributed by atoms with Gasteiger partial charge in [0.1, 0.15) is 5.82 Å². The van der Waals surface area contributed by atoms with E-state index in [2.05, 4.69) is 16.3 Å². The largest absolute Gasteiger partial charge is 0.320 e. The van der Waals surface area contributed by atoms with Crippen LogP contribution in [0.4, 0.5) is 4.39 Å². The summed E-state index contributed by atoms with van der Waals surface area (Å²) in [5.74, 6) is -0.207. The normalized spacial score (nSPS) is 19.8. The van der Waals surface area contributed by atoms with Gasteiger partial charge in [-0.3, -0.25) is 4.90 Å². The standard InChI is InChI=1S/C16H22FN3/c1-19-8-7-15-4-2-3-9-20(15)12-14-10-13(11-18)5-6-16(14)17/h5-6,10,15,19H,2-4,7-9,12H2,1H3. The minimum atomic E-state index is -0.207. The van der Waals surface area contributed by atoms with Crippen molar-refractivity contribution in [3.8, 4) is 6.07 Å². The number of nitriles is 1. The van der Waals surface area contributed by atoms with Crippen LogP contribution in [-0.4, -0.2) is 31.1 Å². The lowest BCUT2D eigenvalue weighted by Crippen LogP contribution is -2.40. The zero-order valence-electron chi connectivity index (χ0n) is 12.0. The first-order valence-corrected chi connectivity index (χ1v) is 7.31. The first-order chi connectivity index (χ1) is 9.74. The maximum Gasteiger partial charge on any atom is 0.127 e. The number of piperidine rings is 1. The number of hydrogen-bond donors (Lipinski definition) is 1. The zero-order valence-corrected chi connectivity index (χ0v) is 12.0. The number of hydrogen-bond acceptors (Lipinski definition) is 3. The molecule has 0 radical (unpaired) electrons. The van der Waals surface area contributed by atoms with Crippen LogP contribution >= 0.6 is 0 Å². The Morgan fingerprint density at radius 1 is 1.45 bits per heavy atom. The second kappa shape index (κ2) is 7.37. The molecule has 0 bridgehead atoms. The van der Waals surface area contributed by atoms with Crippen LogP contribution in [0.15, 0.2) is 18.2 Å². The minimum Gasteiger partial charge on any atom is -0.320 e. The van der Waals surface area contributed by atoms with Crippen LogP contribution in [0.5, 0.6) is 0 Å². The second-order valence-electron chi connectivity index (χ2n) is 5.43. The number of nitrogens with one attached hydrogen (secondary N) is 1. The molecule has 4 heteroatoms. The van der Waals surface area contributed by atoms with Crippen molar-refractivity contribution in [3.05, 3.63) is 35.1 Å². The van der Waals surface area contributed by atoms with E-state index in [1.54, 1.807) is 6.07 Å². The molecule has 1 aromatic carbocycles. The molecule has 1 saturated heterocycles. The molecule has 1 unspecified atom stereocenters. The summed E-state index contributed by atoms with van der Waals surface area (Å²) in [5.41, 5.74) is 1.17. The van der Waals surface area contributed by atoms with Crippen molar-refractivity contribution in [2.45, 2.75) is 38.3 Å². The highest BCUT2D eigenvalue weighted by Gasteiger charge is 2.22. The highest BCUT2D eigenvalue weighted by atomic mass is 19.1. The van der Waals surface area contributed by atoms with Crippen LogP contribution in [0, 0.1) is 17.1 Å². The monoisotopic (exact) mass is 275 g/mol. The maximum absolute atomic E-state index is 13.9. The number of halogens is 1. The molecule has 0 spiro atoms. The lowest BCUT2D eigenvalue weighted by atomic mass is 9.98. The van der Waals surface area contributed by atoms with Gasteiger partial charge in [-0.05, 0) is 57.6 Å². The molecular formula is C16H22FN3. The van der Waals surface area contributed by atoms with Crippen molar-refractivity contribution in [1.29, 1.82) is 5.26 Å². The SMILES string of the molecule is CNCCC1CCCCN1Cc1cc(C#N)ccc1F. The fourth-order valence-electron chi connectivity index (χ4n) is 2.89. The summed E-state index contributed by atoms with van der Waals surface area (Å²) < 4.78 is 13.9. The summed E-state index contributed by atoms with van der Waals surface area (Å²) in [6, 6.07) is 7.22. The van der Waals surface area contributed by atoms with Crippen LogP contribution < -0.4 is 5.32 Å². The predicted molar refractivity (Wildman–Crippen MR) is 77.7 cm³/mol. The van der Waals surface area contributed by atoms with E-state index in [1.807, 2.05) is 7.05 Å². The number of nitrogens with zero attached hydrogens (tertiary/aromatic N) is 2. The minimum absolute atomic E-state index is 0.207. The van der Waals surface area contributed by atoms with Crippen LogP contribution in [0.3, 0.4) is 0 Å². The molecule has 0 saturated carbocycles. The molecule has 1 atom stereocenters. The molecule has 2 rings (SSSR count).